The van der Waals surface area contributed by atoms with Crippen molar-refractivity contribution in [1.82, 2.24) is 49.0 Å². The second-order valence-electron chi connectivity index (χ2n) is 18.4. The van der Waals surface area contributed by atoms with Crippen LogP contribution < -0.4 is 32.2 Å². The number of primary amides is 2. The van der Waals surface area contributed by atoms with Crippen molar-refractivity contribution in [3.8, 4) is 5.75 Å². The van der Waals surface area contributed by atoms with E-state index in [4.69, 9.17) is 30.9 Å². The van der Waals surface area contributed by atoms with Crippen LogP contribution >= 0.6 is 23.1 Å². The summed E-state index contributed by atoms with van der Waals surface area (Å²) in [6.07, 6.45) is 11.0. The van der Waals surface area contributed by atoms with Crippen molar-refractivity contribution < 1.29 is 33.4 Å². The van der Waals surface area contributed by atoms with Crippen molar-refractivity contribution in [2.75, 3.05) is 75.9 Å². The Morgan fingerprint density at radius 3 is 2.12 bits per heavy atom. The summed E-state index contributed by atoms with van der Waals surface area (Å²) >= 11 is 2.72. The highest BCUT2D eigenvalue weighted by molar-refractivity contribution is 7.98. The number of rotatable bonds is 22. The average molecular weight is 1050 g/mol. The van der Waals surface area contributed by atoms with E-state index < -0.39 is 17.7 Å². The monoisotopic (exact) mass is 1050 g/mol. The van der Waals surface area contributed by atoms with E-state index in [1.165, 1.54) is 35.9 Å². The zero-order valence-corrected chi connectivity index (χ0v) is 44.3. The van der Waals surface area contributed by atoms with Crippen LogP contribution in [0.1, 0.15) is 103 Å². The number of hydrogen-bond donors (Lipinski definition) is 5. The van der Waals surface area contributed by atoms with E-state index in [2.05, 4.69) is 30.9 Å². The highest BCUT2D eigenvalue weighted by atomic mass is 32.2. The maximum atomic E-state index is 14.0. The molecule has 4 aromatic heterocycles. The average Bonchev–Trinajstić information content (AvgIpc) is 4.17. The fraction of sp³-hybridized carbons (Fsp3) is 0.471. The summed E-state index contributed by atoms with van der Waals surface area (Å²) in [6, 6.07) is 8.19. The summed E-state index contributed by atoms with van der Waals surface area (Å²) in [5.41, 5.74) is 15.8. The number of carbonyl (C=O) groups excluding carboxylic acids is 5. The van der Waals surface area contributed by atoms with Gasteiger partial charge in [0.2, 0.25) is 23.7 Å². The Bertz CT molecular complexity index is 3050. The number of thioether (sulfide) groups is 1. The standard InChI is InChI=1S/C51H66N14O7S2/c1-6-36-44(74-32(4)55-36)48(69)59-50-57-38-28-35(46(53)67)30-41(73-5)43(38)64(50)19-9-8-18-63-42-37(56-49(63)58-47(68)39-26-31(3)60-65(39)7-2)27-34(45(52)66)29-40(42)71-25-11-17-61-20-22-62(23-21-61)51(70)72-24-10-12-33-13-15-54-16-14-33/h8-9,26-30,33,54H,6-7,10-25H2,1-5H3,(H2,52,66)(H2,53,67)(H,56,58,68)(H,57,59,69)/b9-8+. The van der Waals surface area contributed by atoms with Gasteiger partial charge in [0.05, 0.1) is 46.2 Å². The number of thiazole rings is 1. The summed E-state index contributed by atoms with van der Waals surface area (Å²) in [5, 5.41) is 14.6. The Kier molecular flexibility index (Phi) is 17.7. The lowest BCUT2D eigenvalue weighted by atomic mass is 9.93. The SMILES string of the molecule is CCc1nc(C)sc1C(=O)Nc1nc2cc(C(N)=O)cc(SC)c2n1C/C=C/Cn1c(NC(=O)c2cc(C)nn2CC)nc2cc(C(N)=O)cc(OCCCN3CCN(C(=O)OCCCC4CCNCC4)CC3)c21. The molecule has 0 unspecified atom stereocenters. The molecule has 6 aromatic rings. The van der Waals surface area contributed by atoms with Gasteiger partial charge < -0.3 is 40.3 Å². The van der Waals surface area contributed by atoms with Gasteiger partial charge in [-0.05, 0) is 115 Å². The quantitative estimate of drug-likeness (QED) is 0.0287. The fourth-order valence-corrected chi connectivity index (χ4v) is 11.1. The number of aromatic nitrogens is 7. The van der Waals surface area contributed by atoms with Crippen LogP contribution in [-0.4, -0.2) is 139 Å². The van der Waals surface area contributed by atoms with Gasteiger partial charge in [0.15, 0.2) is 0 Å². The lowest BCUT2D eigenvalue weighted by Crippen LogP contribution is -2.49. The molecule has 8 rings (SSSR count). The van der Waals surface area contributed by atoms with Crippen LogP contribution in [0, 0.1) is 19.8 Å². The second-order valence-corrected chi connectivity index (χ2v) is 20.5. The Morgan fingerprint density at radius 1 is 0.824 bits per heavy atom. The van der Waals surface area contributed by atoms with Crippen LogP contribution in [0.15, 0.2) is 47.4 Å². The van der Waals surface area contributed by atoms with Gasteiger partial charge in [-0.3, -0.25) is 39.4 Å². The first kappa shape index (κ1) is 53.5. The van der Waals surface area contributed by atoms with Crippen molar-refractivity contribution in [2.45, 2.75) is 90.7 Å². The predicted molar refractivity (Wildman–Crippen MR) is 286 cm³/mol. The minimum absolute atomic E-state index is 0.172. The molecule has 2 fully saturated rings. The van der Waals surface area contributed by atoms with Gasteiger partial charge in [0.25, 0.3) is 11.8 Å². The lowest BCUT2D eigenvalue weighted by Gasteiger charge is -2.34. The van der Waals surface area contributed by atoms with Crippen molar-refractivity contribution in [3.05, 3.63) is 80.6 Å². The maximum absolute atomic E-state index is 14.0. The largest absolute Gasteiger partial charge is 0.491 e. The molecule has 0 radical (unpaired) electrons. The summed E-state index contributed by atoms with van der Waals surface area (Å²) in [5.74, 6) is -0.551. The molecule has 2 aliphatic heterocycles. The molecule has 0 saturated carbocycles. The smallest absolute Gasteiger partial charge is 0.409 e. The van der Waals surface area contributed by atoms with Gasteiger partial charge >= 0.3 is 6.09 Å². The molecule has 0 bridgehead atoms. The highest BCUT2D eigenvalue weighted by Crippen LogP contribution is 2.34. The van der Waals surface area contributed by atoms with Crippen LogP contribution in [0.25, 0.3) is 22.1 Å². The number of amides is 5. The predicted octanol–water partition coefficient (Wildman–Crippen LogP) is 6.22. The molecule has 394 valence electrons. The molecule has 2 aromatic carbocycles. The molecule has 5 amide bonds. The van der Waals surface area contributed by atoms with E-state index in [9.17, 15) is 24.0 Å². The van der Waals surface area contributed by atoms with E-state index in [0.29, 0.717) is 114 Å². The van der Waals surface area contributed by atoms with E-state index in [0.717, 1.165) is 35.8 Å². The number of allylic oxidation sites excluding steroid dienone is 2. The summed E-state index contributed by atoms with van der Waals surface area (Å²) in [7, 11) is 0. The van der Waals surface area contributed by atoms with Gasteiger partial charge in [0.1, 0.15) is 21.8 Å². The number of aryl methyl sites for hydroxylation is 4. The first-order valence-corrected chi connectivity index (χ1v) is 27.3. The Labute approximate surface area is 437 Å². The molecule has 7 N–H and O–H groups in total. The molecule has 0 spiro atoms. The molecule has 74 heavy (non-hydrogen) atoms. The minimum Gasteiger partial charge on any atom is -0.491 e. The third-order valence-corrected chi connectivity index (χ3v) is 15.1. The van der Waals surface area contributed by atoms with Gasteiger partial charge in [-0.1, -0.05) is 19.1 Å². The van der Waals surface area contributed by atoms with Crippen molar-refractivity contribution >= 4 is 86.8 Å². The molecular formula is C51H66N14O7S2. The van der Waals surface area contributed by atoms with Crippen molar-refractivity contribution in [1.29, 1.82) is 0 Å². The Morgan fingerprint density at radius 2 is 1.47 bits per heavy atom. The number of carbonyl (C=O) groups is 5. The van der Waals surface area contributed by atoms with Crippen LogP contribution in [0.4, 0.5) is 16.7 Å². The number of piperazine rings is 1. The topological polar surface area (TPSA) is 265 Å². The van der Waals surface area contributed by atoms with Crippen molar-refractivity contribution in [2.24, 2.45) is 17.4 Å². The highest BCUT2D eigenvalue weighted by Gasteiger charge is 2.26. The number of ether oxygens (including phenoxy) is 2. The number of nitrogens with two attached hydrogens (primary N) is 2. The van der Waals surface area contributed by atoms with Crippen LogP contribution in [0.2, 0.25) is 0 Å². The van der Waals surface area contributed by atoms with E-state index in [1.54, 1.807) is 44.5 Å². The third-order valence-electron chi connectivity index (χ3n) is 13.3. The normalized spacial score (nSPS) is 14.6. The van der Waals surface area contributed by atoms with Crippen molar-refractivity contribution in [3.63, 3.8) is 0 Å². The van der Waals surface area contributed by atoms with Crippen LogP contribution in [0.3, 0.4) is 0 Å². The minimum atomic E-state index is -0.670. The molecule has 23 heteroatoms. The summed E-state index contributed by atoms with van der Waals surface area (Å²) < 4.78 is 17.4. The molecule has 6 heterocycles. The molecular weight excluding hydrogens is 985 g/mol. The number of benzene rings is 2. The van der Waals surface area contributed by atoms with E-state index >= 15 is 0 Å². The van der Waals surface area contributed by atoms with E-state index in [1.807, 2.05) is 50.7 Å². The van der Waals surface area contributed by atoms with Gasteiger partial charge in [-0.2, -0.15) is 5.10 Å². The lowest BCUT2D eigenvalue weighted by molar-refractivity contribution is 0.0727. The Balaban J connectivity index is 1.02. The summed E-state index contributed by atoms with van der Waals surface area (Å²) in [4.78, 5) is 85.2. The molecule has 21 nitrogen and oxygen atoms in total. The molecule has 2 aliphatic rings. The fourth-order valence-electron chi connectivity index (χ4n) is 9.51. The number of nitrogens with one attached hydrogen (secondary N) is 3. The van der Waals surface area contributed by atoms with Crippen LogP contribution in [0.5, 0.6) is 5.75 Å². The Hall–Kier alpha value is -6.82. The zero-order valence-electron chi connectivity index (χ0n) is 42.7. The third kappa shape index (κ3) is 12.6. The van der Waals surface area contributed by atoms with Gasteiger partial charge in [0, 0.05) is 68.4 Å². The number of piperidine rings is 1. The van der Waals surface area contributed by atoms with E-state index in [-0.39, 0.29) is 54.7 Å². The number of imidazole rings is 2. The molecule has 0 aliphatic carbocycles. The second kappa shape index (κ2) is 24.5. The first-order valence-electron chi connectivity index (χ1n) is 25.2. The number of nitrogens with zero attached hydrogens (tertiary/aromatic N) is 9. The van der Waals surface area contributed by atoms with Gasteiger partial charge in [-0.15, -0.1) is 23.1 Å². The van der Waals surface area contributed by atoms with Gasteiger partial charge in [-0.25, -0.2) is 19.7 Å². The van der Waals surface area contributed by atoms with Crippen LogP contribution in [-0.2, 0) is 30.8 Å². The number of anilines is 2. The first-order chi connectivity index (χ1) is 35.7. The summed E-state index contributed by atoms with van der Waals surface area (Å²) in [6.45, 7) is 14.5. The number of hydrogen-bond acceptors (Lipinski definition) is 15. The maximum Gasteiger partial charge on any atom is 0.409 e. The molecule has 0 atom stereocenters. The number of fused-ring (bicyclic) bond motifs is 2. The molecule has 2 saturated heterocycles. The zero-order chi connectivity index (χ0) is 52.5.